The van der Waals surface area contributed by atoms with Crippen LogP contribution in [0.5, 0.6) is 0 Å². The minimum absolute atomic E-state index is 0.0180. The standard InChI is InChI=1S/C16H23Cl2N3O3/c17-13-2-1-9(3-14(13)18)12-4-10(20-7-15(12)19)5-16(24)21-6-11(23)8-22/h1-3,10-12,15,20,22-23H,4-8,19H2,(H,21,24)/t10?,11?,12-,15+/m0/s1. The minimum atomic E-state index is -0.939. The van der Waals surface area contributed by atoms with E-state index in [0.717, 1.165) is 5.56 Å². The first-order valence-electron chi connectivity index (χ1n) is 7.90. The quantitative estimate of drug-likeness (QED) is 0.501. The molecule has 24 heavy (non-hydrogen) atoms. The third-order valence-corrected chi connectivity index (χ3v) is 4.99. The summed E-state index contributed by atoms with van der Waals surface area (Å²) in [5.41, 5.74) is 7.22. The summed E-state index contributed by atoms with van der Waals surface area (Å²) in [7, 11) is 0. The van der Waals surface area contributed by atoms with Gasteiger partial charge in [-0.2, -0.15) is 0 Å². The second kappa shape index (κ2) is 8.99. The first-order chi connectivity index (χ1) is 11.4. The fraction of sp³-hybridized carbons (Fsp3) is 0.562. The van der Waals surface area contributed by atoms with E-state index < -0.39 is 6.10 Å². The number of carbonyl (C=O) groups excluding carboxylic acids is 1. The SMILES string of the molecule is N[C@@H]1CNC(CC(=O)NCC(O)CO)C[C@H]1c1ccc(Cl)c(Cl)c1. The van der Waals surface area contributed by atoms with E-state index in [9.17, 15) is 9.90 Å². The van der Waals surface area contributed by atoms with Crippen LogP contribution >= 0.6 is 23.2 Å². The number of nitrogens with two attached hydrogens (primary N) is 1. The highest BCUT2D eigenvalue weighted by Gasteiger charge is 2.30. The van der Waals surface area contributed by atoms with Crippen LogP contribution in [0.3, 0.4) is 0 Å². The number of nitrogens with one attached hydrogen (secondary N) is 2. The molecular weight excluding hydrogens is 353 g/mol. The Balaban J connectivity index is 1.95. The fourth-order valence-electron chi connectivity index (χ4n) is 2.88. The van der Waals surface area contributed by atoms with Crippen molar-refractivity contribution in [3.63, 3.8) is 0 Å². The topological polar surface area (TPSA) is 108 Å². The van der Waals surface area contributed by atoms with Gasteiger partial charge in [0.05, 0.1) is 22.8 Å². The molecule has 4 atom stereocenters. The molecule has 1 heterocycles. The summed E-state index contributed by atoms with van der Waals surface area (Å²) < 4.78 is 0. The van der Waals surface area contributed by atoms with Gasteiger partial charge in [-0.05, 0) is 24.1 Å². The molecule has 1 fully saturated rings. The lowest BCUT2D eigenvalue weighted by atomic mass is 9.82. The van der Waals surface area contributed by atoms with Crippen LogP contribution in [0.4, 0.5) is 0 Å². The summed E-state index contributed by atoms with van der Waals surface area (Å²) in [6.07, 6.45) is 0.0447. The van der Waals surface area contributed by atoms with Crippen molar-refractivity contribution >= 4 is 29.1 Å². The van der Waals surface area contributed by atoms with E-state index in [-0.39, 0.29) is 43.5 Å². The Kier molecular flexibility index (Phi) is 7.28. The van der Waals surface area contributed by atoms with Gasteiger partial charge in [0, 0.05) is 37.5 Å². The van der Waals surface area contributed by atoms with Crippen LogP contribution in [0.2, 0.25) is 10.0 Å². The summed E-state index contributed by atoms with van der Waals surface area (Å²) in [6, 6.07) is 5.41. The molecule has 1 aromatic rings. The van der Waals surface area contributed by atoms with Gasteiger partial charge in [0.25, 0.3) is 0 Å². The molecule has 0 bridgehead atoms. The van der Waals surface area contributed by atoms with Gasteiger partial charge >= 0.3 is 0 Å². The summed E-state index contributed by atoms with van der Waals surface area (Å²) in [4.78, 5) is 11.9. The van der Waals surface area contributed by atoms with Crippen LogP contribution in [0, 0.1) is 0 Å². The maximum Gasteiger partial charge on any atom is 0.221 e. The van der Waals surface area contributed by atoms with Crippen LogP contribution in [0.25, 0.3) is 0 Å². The molecule has 1 saturated heterocycles. The van der Waals surface area contributed by atoms with Crippen molar-refractivity contribution in [3.05, 3.63) is 33.8 Å². The van der Waals surface area contributed by atoms with Crippen LogP contribution in [-0.2, 0) is 4.79 Å². The van der Waals surface area contributed by atoms with Gasteiger partial charge in [-0.15, -0.1) is 0 Å². The first-order valence-corrected chi connectivity index (χ1v) is 8.65. The molecule has 8 heteroatoms. The number of aliphatic hydroxyl groups is 2. The van der Waals surface area contributed by atoms with Gasteiger partial charge in [0.15, 0.2) is 0 Å². The van der Waals surface area contributed by atoms with E-state index in [1.54, 1.807) is 6.07 Å². The van der Waals surface area contributed by atoms with Crippen molar-refractivity contribution in [2.45, 2.75) is 36.9 Å². The zero-order valence-electron chi connectivity index (χ0n) is 13.2. The smallest absolute Gasteiger partial charge is 0.221 e. The summed E-state index contributed by atoms with van der Waals surface area (Å²) in [5, 5.41) is 24.9. The molecule has 2 rings (SSSR count). The van der Waals surface area contributed by atoms with E-state index in [4.69, 9.17) is 34.0 Å². The molecule has 0 aromatic heterocycles. The van der Waals surface area contributed by atoms with E-state index >= 15 is 0 Å². The largest absolute Gasteiger partial charge is 0.394 e. The Morgan fingerprint density at radius 3 is 2.83 bits per heavy atom. The zero-order chi connectivity index (χ0) is 17.7. The zero-order valence-corrected chi connectivity index (χ0v) is 14.7. The molecule has 1 amide bonds. The third kappa shape index (κ3) is 5.31. The van der Waals surface area contributed by atoms with Gasteiger partial charge in [-0.3, -0.25) is 4.79 Å². The Labute approximate surface area is 151 Å². The Morgan fingerprint density at radius 2 is 2.17 bits per heavy atom. The monoisotopic (exact) mass is 375 g/mol. The number of benzene rings is 1. The molecule has 0 radical (unpaired) electrons. The lowest BCUT2D eigenvalue weighted by molar-refractivity contribution is -0.122. The normalized spacial score (nSPS) is 25.3. The third-order valence-electron chi connectivity index (χ3n) is 4.25. The minimum Gasteiger partial charge on any atom is -0.394 e. The van der Waals surface area contributed by atoms with Crippen LogP contribution in [0.1, 0.15) is 24.3 Å². The Bertz CT molecular complexity index is 573. The molecule has 0 aliphatic carbocycles. The Hall–Kier alpha value is -0.890. The highest BCUT2D eigenvalue weighted by atomic mass is 35.5. The number of halogens is 2. The van der Waals surface area contributed by atoms with E-state index in [0.29, 0.717) is 23.0 Å². The molecule has 6 nitrogen and oxygen atoms in total. The predicted molar refractivity (Wildman–Crippen MR) is 94.3 cm³/mol. The molecule has 1 aliphatic heterocycles. The summed E-state index contributed by atoms with van der Waals surface area (Å²) >= 11 is 12.0. The molecule has 6 N–H and O–H groups in total. The molecule has 0 saturated carbocycles. The van der Waals surface area contributed by atoms with E-state index in [2.05, 4.69) is 10.6 Å². The molecule has 2 unspecified atom stereocenters. The van der Waals surface area contributed by atoms with Crippen molar-refractivity contribution in [3.8, 4) is 0 Å². The average molecular weight is 376 g/mol. The second-order valence-corrected chi connectivity index (χ2v) is 6.94. The first kappa shape index (κ1) is 19.4. The van der Waals surface area contributed by atoms with Gasteiger partial charge in [-0.25, -0.2) is 0 Å². The highest BCUT2D eigenvalue weighted by molar-refractivity contribution is 6.42. The van der Waals surface area contributed by atoms with Gasteiger partial charge < -0.3 is 26.6 Å². The number of hydrogen-bond donors (Lipinski definition) is 5. The molecule has 1 aliphatic rings. The molecular formula is C16H23Cl2N3O3. The number of aliphatic hydroxyl groups excluding tert-OH is 2. The predicted octanol–water partition coefficient (Wildman–Crippen LogP) is 0.626. The highest BCUT2D eigenvalue weighted by Crippen LogP contribution is 2.32. The Morgan fingerprint density at radius 1 is 1.42 bits per heavy atom. The summed E-state index contributed by atoms with van der Waals surface area (Å²) in [6.45, 7) is 0.260. The van der Waals surface area contributed by atoms with Crippen LogP contribution < -0.4 is 16.4 Å². The maximum absolute atomic E-state index is 11.9. The van der Waals surface area contributed by atoms with Gasteiger partial charge in [0.1, 0.15) is 0 Å². The lowest BCUT2D eigenvalue weighted by Crippen LogP contribution is -2.51. The number of carbonyl (C=O) groups is 1. The average Bonchev–Trinajstić information content (AvgIpc) is 2.57. The van der Waals surface area contributed by atoms with Gasteiger partial charge in [-0.1, -0.05) is 29.3 Å². The molecule has 0 spiro atoms. The number of hydrogen-bond acceptors (Lipinski definition) is 5. The van der Waals surface area contributed by atoms with Crippen molar-refractivity contribution in [2.75, 3.05) is 19.7 Å². The fourth-order valence-corrected chi connectivity index (χ4v) is 3.19. The van der Waals surface area contributed by atoms with Gasteiger partial charge in [0.2, 0.25) is 5.91 Å². The van der Waals surface area contributed by atoms with Crippen LogP contribution in [0.15, 0.2) is 18.2 Å². The van der Waals surface area contributed by atoms with Crippen LogP contribution in [-0.4, -0.2) is 54.0 Å². The van der Waals surface area contributed by atoms with Crippen molar-refractivity contribution < 1.29 is 15.0 Å². The number of piperidine rings is 1. The number of amides is 1. The van der Waals surface area contributed by atoms with E-state index in [1.807, 2.05) is 12.1 Å². The maximum atomic E-state index is 11.9. The molecule has 1 aromatic carbocycles. The lowest BCUT2D eigenvalue weighted by Gasteiger charge is -2.35. The summed E-state index contributed by atoms with van der Waals surface area (Å²) in [5.74, 6) is -0.0924. The number of rotatable bonds is 6. The van der Waals surface area contributed by atoms with Crippen molar-refractivity contribution in [1.29, 1.82) is 0 Å². The molecule has 134 valence electrons. The van der Waals surface area contributed by atoms with Crippen molar-refractivity contribution in [2.24, 2.45) is 5.73 Å². The van der Waals surface area contributed by atoms with Crippen molar-refractivity contribution in [1.82, 2.24) is 10.6 Å². The van der Waals surface area contributed by atoms with E-state index in [1.165, 1.54) is 0 Å². The second-order valence-electron chi connectivity index (χ2n) is 6.13.